The molecular formula is C13H26N2O2. The Bertz CT molecular complexity index is 259. The summed E-state index contributed by atoms with van der Waals surface area (Å²) in [7, 11) is 0. The Morgan fingerprint density at radius 2 is 2.06 bits per heavy atom. The summed E-state index contributed by atoms with van der Waals surface area (Å²) in [5.41, 5.74) is -0.420. The van der Waals surface area contributed by atoms with Crippen molar-refractivity contribution < 1.29 is 9.53 Å². The summed E-state index contributed by atoms with van der Waals surface area (Å²) in [4.78, 5) is 14.0. The van der Waals surface area contributed by atoms with Crippen LogP contribution >= 0.6 is 0 Å². The van der Waals surface area contributed by atoms with Crippen LogP contribution in [0.4, 0.5) is 4.79 Å². The Morgan fingerprint density at radius 1 is 1.41 bits per heavy atom. The SMILES string of the molecule is CC(C)N1CCC[C@@H](NC(=O)OC(C)(C)C)C1. The molecule has 0 radical (unpaired) electrons. The smallest absolute Gasteiger partial charge is 0.407 e. The standard InChI is InChI=1S/C13H26N2O2/c1-10(2)15-8-6-7-11(9-15)14-12(16)17-13(3,4)5/h10-11H,6-9H2,1-5H3,(H,14,16)/t11-/m1/s1. The van der Waals surface area contributed by atoms with Crippen molar-refractivity contribution in [1.29, 1.82) is 0 Å². The van der Waals surface area contributed by atoms with Gasteiger partial charge in [0.15, 0.2) is 0 Å². The Hall–Kier alpha value is -0.770. The van der Waals surface area contributed by atoms with Crippen molar-refractivity contribution in [3.63, 3.8) is 0 Å². The van der Waals surface area contributed by atoms with Crippen molar-refractivity contribution in [3.8, 4) is 0 Å². The lowest BCUT2D eigenvalue weighted by Gasteiger charge is -2.35. The third-order valence-electron chi connectivity index (χ3n) is 2.90. The Morgan fingerprint density at radius 3 is 2.59 bits per heavy atom. The molecule has 1 N–H and O–H groups in total. The van der Waals surface area contributed by atoms with E-state index in [1.807, 2.05) is 20.8 Å². The highest BCUT2D eigenvalue weighted by Gasteiger charge is 2.24. The molecule has 0 unspecified atom stereocenters. The predicted molar refractivity (Wildman–Crippen MR) is 69.1 cm³/mol. The summed E-state index contributed by atoms with van der Waals surface area (Å²) < 4.78 is 5.27. The van der Waals surface area contributed by atoms with Crippen LogP contribution in [0.2, 0.25) is 0 Å². The predicted octanol–water partition coefficient (Wildman–Crippen LogP) is 2.38. The van der Waals surface area contributed by atoms with E-state index >= 15 is 0 Å². The second kappa shape index (κ2) is 5.71. The molecule has 0 spiro atoms. The number of carbonyl (C=O) groups is 1. The number of nitrogens with zero attached hydrogens (tertiary/aromatic N) is 1. The second-order valence-corrected chi connectivity index (χ2v) is 6.07. The maximum atomic E-state index is 11.7. The first-order chi connectivity index (χ1) is 7.78. The van der Waals surface area contributed by atoms with E-state index in [2.05, 4.69) is 24.1 Å². The first-order valence-corrected chi connectivity index (χ1v) is 6.51. The molecule has 17 heavy (non-hydrogen) atoms. The van der Waals surface area contributed by atoms with Crippen LogP contribution in [-0.4, -0.2) is 41.8 Å². The molecule has 0 bridgehead atoms. The lowest BCUT2D eigenvalue weighted by atomic mass is 10.0. The van der Waals surface area contributed by atoms with Gasteiger partial charge in [0.1, 0.15) is 5.60 Å². The van der Waals surface area contributed by atoms with Crippen molar-refractivity contribution in [3.05, 3.63) is 0 Å². The number of piperidine rings is 1. The number of nitrogens with one attached hydrogen (secondary N) is 1. The molecule has 1 rings (SSSR count). The minimum atomic E-state index is -0.420. The molecule has 100 valence electrons. The number of hydrogen-bond acceptors (Lipinski definition) is 3. The van der Waals surface area contributed by atoms with E-state index in [4.69, 9.17) is 4.74 Å². The molecule has 4 nitrogen and oxygen atoms in total. The molecule has 0 saturated carbocycles. The minimum Gasteiger partial charge on any atom is -0.444 e. The number of likely N-dealkylation sites (tertiary alicyclic amines) is 1. The van der Waals surface area contributed by atoms with Gasteiger partial charge in [0.2, 0.25) is 0 Å². The van der Waals surface area contributed by atoms with Gasteiger partial charge in [-0.05, 0) is 54.0 Å². The number of amides is 1. The van der Waals surface area contributed by atoms with E-state index < -0.39 is 5.60 Å². The first-order valence-electron chi connectivity index (χ1n) is 6.51. The van der Waals surface area contributed by atoms with Gasteiger partial charge in [0.25, 0.3) is 0 Å². The van der Waals surface area contributed by atoms with Gasteiger partial charge in [-0.3, -0.25) is 4.90 Å². The van der Waals surface area contributed by atoms with Gasteiger partial charge < -0.3 is 10.1 Å². The van der Waals surface area contributed by atoms with Crippen LogP contribution < -0.4 is 5.32 Å². The van der Waals surface area contributed by atoms with E-state index in [0.29, 0.717) is 6.04 Å². The molecule has 0 aliphatic carbocycles. The highest BCUT2D eigenvalue weighted by atomic mass is 16.6. The summed E-state index contributed by atoms with van der Waals surface area (Å²) in [6.07, 6.45) is 1.88. The maximum Gasteiger partial charge on any atom is 0.407 e. The number of rotatable bonds is 2. The van der Waals surface area contributed by atoms with Gasteiger partial charge in [-0.25, -0.2) is 4.79 Å². The lowest BCUT2D eigenvalue weighted by molar-refractivity contribution is 0.0461. The van der Waals surface area contributed by atoms with Crippen LogP contribution in [0.15, 0.2) is 0 Å². The Labute approximate surface area is 105 Å². The van der Waals surface area contributed by atoms with Gasteiger partial charge in [-0.2, -0.15) is 0 Å². The average Bonchev–Trinajstić information content (AvgIpc) is 2.14. The molecule has 0 aromatic heterocycles. The molecule has 1 atom stereocenters. The Kier molecular flexibility index (Phi) is 4.80. The largest absolute Gasteiger partial charge is 0.444 e. The van der Waals surface area contributed by atoms with Crippen LogP contribution in [0.1, 0.15) is 47.5 Å². The van der Waals surface area contributed by atoms with Gasteiger partial charge in [0, 0.05) is 18.6 Å². The van der Waals surface area contributed by atoms with Crippen molar-refractivity contribution in [2.75, 3.05) is 13.1 Å². The van der Waals surface area contributed by atoms with Crippen LogP contribution in [0.3, 0.4) is 0 Å². The fraction of sp³-hybridized carbons (Fsp3) is 0.923. The fourth-order valence-corrected chi connectivity index (χ4v) is 2.07. The summed E-state index contributed by atoms with van der Waals surface area (Å²) in [5.74, 6) is 0. The van der Waals surface area contributed by atoms with E-state index in [9.17, 15) is 4.79 Å². The molecule has 1 aliphatic rings. The van der Waals surface area contributed by atoms with Crippen molar-refractivity contribution in [2.45, 2.75) is 65.1 Å². The van der Waals surface area contributed by atoms with Crippen LogP contribution in [0.25, 0.3) is 0 Å². The molecule has 1 heterocycles. The normalized spacial score (nSPS) is 22.6. The van der Waals surface area contributed by atoms with Gasteiger partial charge in [-0.1, -0.05) is 0 Å². The molecular weight excluding hydrogens is 216 g/mol. The molecule has 1 saturated heterocycles. The second-order valence-electron chi connectivity index (χ2n) is 6.07. The zero-order valence-electron chi connectivity index (χ0n) is 11.7. The lowest BCUT2D eigenvalue weighted by Crippen LogP contribution is -2.50. The highest BCUT2D eigenvalue weighted by molar-refractivity contribution is 5.68. The zero-order chi connectivity index (χ0) is 13.1. The van der Waals surface area contributed by atoms with Crippen molar-refractivity contribution >= 4 is 6.09 Å². The van der Waals surface area contributed by atoms with E-state index in [1.165, 1.54) is 0 Å². The molecule has 1 aliphatic heterocycles. The number of ether oxygens (including phenoxy) is 1. The summed E-state index contributed by atoms with van der Waals surface area (Å²) in [5, 5.41) is 2.96. The number of carbonyl (C=O) groups excluding carboxylic acids is 1. The zero-order valence-corrected chi connectivity index (χ0v) is 11.7. The first kappa shape index (κ1) is 14.3. The monoisotopic (exact) mass is 242 g/mol. The highest BCUT2D eigenvalue weighted by Crippen LogP contribution is 2.14. The molecule has 0 aromatic carbocycles. The maximum absolute atomic E-state index is 11.7. The fourth-order valence-electron chi connectivity index (χ4n) is 2.07. The van der Waals surface area contributed by atoms with Gasteiger partial charge in [0.05, 0.1) is 0 Å². The van der Waals surface area contributed by atoms with E-state index in [-0.39, 0.29) is 12.1 Å². The van der Waals surface area contributed by atoms with Crippen LogP contribution in [0, 0.1) is 0 Å². The van der Waals surface area contributed by atoms with Gasteiger partial charge >= 0.3 is 6.09 Å². The number of alkyl carbamates (subject to hydrolysis) is 1. The summed E-state index contributed by atoms with van der Waals surface area (Å²) in [6.45, 7) is 12.1. The van der Waals surface area contributed by atoms with E-state index in [1.54, 1.807) is 0 Å². The number of hydrogen-bond donors (Lipinski definition) is 1. The molecule has 1 fully saturated rings. The minimum absolute atomic E-state index is 0.223. The van der Waals surface area contributed by atoms with Crippen molar-refractivity contribution in [2.24, 2.45) is 0 Å². The molecule has 1 amide bonds. The third kappa shape index (κ3) is 5.39. The quantitative estimate of drug-likeness (QED) is 0.808. The van der Waals surface area contributed by atoms with Crippen LogP contribution in [0.5, 0.6) is 0 Å². The molecule has 4 heteroatoms. The van der Waals surface area contributed by atoms with E-state index in [0.717, 1.165) is 25.9 Å². The van der Waals surface area contributed by atoms with Crippen molar-refractivity contribution in [1.82, 2.24) is 10.2 Å². The average molecular weight is 242 g/mol. The Balaban J connectivity index is 2.38. The van der Waals surface area contributed by atoms with Crippen LogP contribution in [-0.2, 0) is 4.74 Å². The van der Waals surface area contributed by atoms with Gasteiger partial charge in [-0.15, -0.1) is 0 Å². The topological polar surface area (TPSA) is 41.6 Å². The molecule has 0 aromatic rings. The summed E-state index contributed by atoms with van der Waals surface area (Å²) >= 11 is 0. The summed E-state index contributed by atoms with van der Waals surface area (Å²) in [6, 6.07) is 0.763. The third-order valence-corrected chi connectivity index (χ3v) is 2.90.